The molecule has 0 bridgehead atoms. The second kappa shape index (κ2) is 9.55. The van der Waals surface area contributed by atoms with Gasteiger partial charge in [0.05, 0.1) is 24.8 Å². The average molecular weight is 460 g/mol. The minimum absolute atomic E-state index is 0.183. The molecular weight excluding hydrogens is 433 g/mol. The predicted molar refractivity (Wildman–Crippen MR) is 128 cm³/mol. The van der Waals surface area contributed by atoms with Crippen LogP contribution >= 0.6 is 0 Å². The Hall–Kier alpha value is -3.87. The standard InChI is InChI=1S/C27H26FN3O3/c1-33-22-10-6-5-9-21(22)30-27(32)24-16-15-23(34-24)26-25(18-11-13-19(28)14-12-18)29-17-31(26)20-7-3-2-4-8-20/h5-6,9-17,20H,2-4,7-8H2,1H3,(H,30,32). The van der Waals surface area contributed by atoms with E-state index in [0.29, 0.717) is 28.9 Å². The molecule has 2 heterocycles. The molecule has 1 N–H and O–H groups in total. The lowest BCUT2D eigenvalue weighted by atomic mass is 9.95. The average Bonchev–Trinajstić information content (AvgIpc) is 3.53. The number of amides is 1. The van der Waals surface area contributed by atoms with Crippen LogP contribution in [-0.4, -0.2) is 22.6 Å². The van der Waals surface area contributed by atoms with Crippen LogP contribution in [-0.2, 0) is 0 Å². The van der Waals surface area contributed by atoms with Crippen LogP contribution in [0.5, 0.6) is 5.75 Å². The number of nitrogens with one attached hydrogen (secondary N) is 1. The number of para-hydroxylation sites is 2. The van der Waals surface area contributed by atoms with Gasteiger partial charge in [-0.15, -0.1) is 0 Å². The Balaban J connectivity index is 1.51. The van der Waals surface area contributed by atoms with Gasteiger partial charge in [-0.25, -0.2) is 9.37 Å². The fraction of sp³-hybridized carbons (Fsp3) is 0.259. The number of rotatable bonds is 6. The molecule has 0 unspecified atom stereocenters. The molecule has 2 aromatic carbocycles. The highest BCUT2D eigenvalue weighted by atomic mass is 19.1. The maximum absolute atomic E-state index is 13.5. The van der Waals surface area contributed by atoms with Gasteiger partial charge in [0.1, 0.15) is 17.3 Å². The summed E-state index contributed by atoms with van der Waals surface area (Å²) in [5.41, 5.74) is 2.86. The van der Waals surface area contributed by atoms with E-state index in [2.05, 4.69) is 14.9 Å². The van der Waals surface area contributed by atoms with Crippen LogP contribution in [0.3, 0.4) is 0 Å². The molecule has 0 radical (unpaired) electrons. The molecule has 7 heteroatoms. The van der Waals surface area contributed by atoms with Gasteiger partial charge in [0.15, 0.2) is 11.5 Å². The van der Waals surface area contributed by atoms with Crippen molar-refractivity contribution < 1.29 is 18.3 Å². The first-order valence-corrected chi connectivity index (χ1v) is 11.5. The Morgan fingerprint density at radius 2 is 1.82 bits per heavy atom. The molecule has 1 fully saturated rings. The van der Waals surface area contributed by atoms with Gasteiger partial charge in [-0.05, 0) is 61.4 Å². The third-order valence-corrected chi connectivity index (χ3v) is 6.30. The molecule has 1 saturated carbocycles. The fourth-order valence-corrected chi connectivity index (χ4v) is 4.58. The lowest BCUT2D eigenvalue weighted by Gasteiger charge is -2.24. The first kappa shape index (κ1) is 21.9. The highest BCUT2D eigenvalue weighted by molar-refractivity contribution is 6.03. The van der Waals surface area contributed by atoms with E-state index in [4.69, 9.17) is 9.15 Å². The molecule has 0 spiro atoms. The van der Waals surface area contributed by atoms with Crippen LogP contribution in [0.4, 0.5) is 10.1 Å². The van der Waals surface area contributed by atoms with E-state index in [0.717, 1.165) is 24.1 Å². The molecule has 174 valence electrons. The quantitative estimate of drug-likeness (QED) is 0.348. The van der Waals surface area contributed by atoms with Crippen LogP contribution in [0, 0.1) is 5.82 Å². The number of ether oxygens (including phenoxy) is 1. The number of carbonyl (C=O) groups excluding carboxylic acids is 1. The number of carbonyl (C=O) groups is 1. The first-order chi connectivity index (χ1) is 16.6. The van der Waals surface area contributed by atoms with Gasteiger partial charge >= 0.3 is 0 Å². The summed E-state index contributed by atoms with van der Waals surface area (Å²) in [7, 11) is 1.55. The Labute approximate surface area is 197 Å². The van der Waals surface area contributed by atoms with Crippen LogP contribution in [0.15, 0.2) is 71.4 Å². The summed E-state index contributed by atoms with van der Waals surface area (Å²) in [5.74, 6) is 0.625. The second-order valence-corrected chi connectivity index (χ2v) is 8.47. The summed E-state index contributed by atoms with van der Waals surface area (Å²) in [6, 6.07) is 17.2. The maximum atomic E-state index is 13.5. The van der Waals surface area contributed by atoms with Crippen molar-refractivity contribution in [3.63, 3.8) is 0 Å². The van der Waals surface area contributed by atoms with Crippen molar-refractivity contribution in [3.8, 4) is 28.5 Å². The Bertz CT molecular complexity index is 1290. The van der Waals surface area contributed by atoms with Crippen molar-refractivity contribution in [2.24, 2.45) is 0 Å². The predicted octanol–water partition coefficient (Wildman–Crippen LogP) is 6.72. The lowest BCUT2D eigenvalue weighted by molar-refractivity contribution is 0.0997. The number of halogens is 1. The smallest absolute Gasteiger partial charge is 0.291 e. The van der Waals surface area contributed by atoms with E-state index < -0.39 is 0 Å². The fourth-order valence-electron chi connectivity index (χ4n) is 4.58. The number of methoxy groups -OCH3 is 1. The van der Waals surface area contributed by atoms with E-state index >= 15 is 0 Å². The largest absolute Gasteiger partial charge is 0.495 e. The molecule has 1 aliphatic rings. The molecule has 34 heavy (non-hydrogen) atoms. The molecule has 1 amide bonds. The minimum atomic E-state index is -0.372. The van der Waals surface area contributed by atoms with Crippen LogP contribution in [0.2, 0.25) is 0 Å². The number of benzene rings is 2. The van der Waals surface area contributed by atoms with Gasteiger partial charge in [0.25, 0.3) is 5.91 Å². The van der Waals surface area contributed by atoms with Gasteiger partial charge in [-0.1, -0.05) is 31.4 Å². The van der Waals surface area contributed by atoms with Gasteiger partial charge in [-0.3, -0.25) is 4.79 Å². The highest BCUT2D eigenvalue weighted by Crippen LogP contribution is 2.38. The van der Waals surface area contributed by atoms with Gasteiger partial charge < -0.3 is 19.0 Å². The van der Waals surface area contributed by atoms with E-state index in [-0.39, 0.29) is 17.5 Å². The number of furan rings is 1. The number of imidazole rings is 1. The van der Waals surface area contributed by atoms with Gasteiger partial charge in [-0.2, -0.15) is 0 Å². The van der Waals surface area contributed by atoms with Crippen LogP contribution < -0.4 is 10.1 Å². The van der Waals surface area contributed by atoms with Crippen molar-refractivity contribution in [2.45, 2.75) is 38.1 Å². The molecule has 1 aliphatic carbocycles. The third-order valence-electron chi connectivity index (χ3n) is 6.30. The topological polar surface area (TPSA) is 69.3 Å². The summed E-state index contributed by atoms with van der Waals surface area (Å²) in [6.45, 7) is 0. The first-order valence-electron chi connectivity index (χ1n) is 11.5. The number of hydrogen-bond acceptors (Lipinski definition) is 4. The monoisotopic (exact) mass is 459 g/mol. The molecule has 0 aliphatic heterocycles. The Kier molecular flexibility index (Phi) is 6.16. The molecule has 0 atom stereocenters. The Morgan fingerprint density at radius 3 is 2.59 bits per heavy atom. The van der Waals surface area contributed by atoms with Crippen molar-refractivity contribution in [1.29, 1.82) is 0 Å². The zero-order valence-electron chi connectivity index (χ0n) is 19.0. The van der Waals surface area contributed by atoms with Gasteiger partial charge in [0.2, 0.25) is 0 Å². The summed E-state index contributed by atoms with van der Waals surface area (Å²) in [6.07, 6.45) is 7.53. The second-order valence-electron chi connectivity index (χ2n) is 8.47. The van der Waals surface area contributed by atoms with Crippen molar-refractivity contribution in [1.82, 2.24) is 9.55 Å². The maximum Gasteiger partial charge on any atom is 0.291 e. The molecule has 6 nitrogen and oxygen atoms in total. The van der Waals surface area contributed by atoms with E-state index in [1.807, 2.05) is 18.5 Å². The highest BCUT2D eigenvalue weighted by Gasteiger charge is 2.25. The Morgan fingerprint density at radius 1 is 1.06 bits per heavy atom. The minimum Gasteiger partial charge on any atom is -0.495 e. The van der Waals surface area contributed by atoms with E-state index in [1.54, 1.807) is 43.5 Å². The third kappa shape index (κ3) is 4.33. The van der Waals surface area contributed by atoms with Crippen LogP contribution in [0.1, 0.15) is 48.7 Å². The summed E-state index contributed by atoms with van der Waals surface area (Å²) in [5, 5.41) is 2.85. The lowest BCUT2D eigenvalue weighted by Crippen LogP contribution is -2.13. The number of anilines is 1. The number of nitrogens with zero attached hydrogens (tertiary/aromatic N) is 2. The molecule has 0 saturated heterocycles. The number of hydrogen-bond donors (Lipinski definition) is 1. The molecule has 5 rings (SSSR count). The van der Waals surface area contributed by atoms with Crippen molar-refractivity contribution in [2.75, 3.05) is 12.4 Å². The molecule has 2 aromatic heterocycles. The van der Waals surface area contributed by atoms with Gasteiger partial charge in [0, 0.05) is 11.6 Å². The zero-order valence-corrected chi connectivity index (χ0v) is 19.0. The van der Waals surface area contributed by atoms with Crippen LogP contribution in [0.25, 0.3) is 22.7 Å². The van der Waals surface area contributed by atoms with Crippen molar-refractivity contribution in [3.05, 3.63) is 78.6 Å². The SMILES string of the molecule is COc1ccccc1NC(=O)c1ccc(-c2c(-c3ccc(F)cc3)ncn2C2CCCCC2)o1. The van der Waals surface area contributed by atoms with Crippen molar-refractivity contribution >= 4 is 11.6 Å². The normalized spacial score (nSPS) is 14.2. The van der Waals surface area contributed by atoms with E-state index in [1.165, 1.54) is 31.4 Å². The summed E-state index contributed by atoms with van der Waals surface area (Å²) >= 11 is 0. The van der Waals surface area contributed by atoms with E-state index in [9.17, 15) is 9.18 Å². The molecule has 4 aromatic rings. The summed E-state index contributed by atoms with van der Waals surface area (Å²) < 4.78 is 27.1. The number of aromatic nitrogens is 2. The molecular formula is C27H26FN3O3. The zero-order chi connectivity index (χ0) is 23.5. The summed E-state index contributed by atoms with van der Waals surface area (Å²) in [4.78, 5) is 17.6.